The number of piperidine rings is 1. The molecule has 0 aliphatic carbocycles. The first-order valence-corrected chi connectivity index (χ1v) is 7.86. The van der Waals surface area contributed by atoms with Gasteiger partial charge in [0.15, 0.2) is 11.5 Å². The molecule has 2 rings (SSSR count). The summed E-state index contributed by atoms with van der Waals surface area (Å²) in [6.07, 6.45) is 1.83. The maximum absolute atomic E-state index is 11.6. The average Bonchev–Trinajstić information content (AvgIpc) is 2.55. The molecule has 1 aliphatic heterocycles. The second-order valence-corrected chi connectivity index (χ2v) is 5.68. The predicted molar refractivity (Wildman–Crippen MR) is 84.5 cm³/mol. The quantitative estimate of drug-likeness (QED) is 0.839. The summed E-state index contributed by atoms with van der Waals surface area (Å²) in [5.74, 6) is 0.165. The maximum atomic E-state index is 11.6. The zero-order valence-electron chi connectivity index (χ0n) is 13.3. The van der Waals surface area contributed by atoms with E-state index in [9.17, 15) is 9.90 Å². The smallest absolute Gasteiger partial charge is 0.310 e. The van der Waals surface area contributed by atoms with Crippen LogP contribution < -0.4 is 9.47 Å². The van der Waals surface area contributed by atoms with Crippen molar-refractivity contribution in [2.75, 3.05) is 33.4 Å². The van der Waals surface area contributed by atoms with E-state index in [1.807, 2.05) is 18.2 Å². The summed E-state index contributed by atoms with van der Waals surface area (Å²) in [6.45, 7) is 5.30. The number of likely N-dealkylation sites (tertiary alicyclic amines) is 1. The summed E-state index contributed by atoms with van der Waals surface area (Å²) < 4.78 is 11.0. The maximum Gasteiger partial charge on any atom is 0.310 e. The highest BCUT2D eigenvalue weighted by molar-refractivity contribution is 5.70. The van der Waals surface area contributed by atoms with Crippen LogP contribution in [0.25, 0.3) is 0 Å². The van der Waals surface area contributed by atoms with Gasteiger partial charge in [0.25, 0.3) is 0 Å². The van der Waals surface area contributed by atoms with Gasteiger partial charge in [-0.2, -0.15) is 0 Å². The van der Waals surface area contributed by atoms with Crippen molar-refractivity contribution in [1.82, 2.24) is 4.90 Å². The molecule has 5 nitrogen and oxygen atoms in total. The number of carbonyl (C=O) groups is 1. The largest absolute Gasteiger partial charge is 0.493 e. The third-order valence-corrected chi connectivity index (χ3v) is 4.45. The van der Waals surface area contributed by atoms with Crippen molar-refractivity contribution in [2.45, 2.75) is 19.8 Å². The van der Waals surface area contributed by atoms with E-state index < -0.39 is 11.9 Å². The second-order valence-electron chi connectivity index (χ2n) is 5.68. The number of hydrogen-bond acceptors (Lipinski definition) is 4. The highest BCUT2D eigenvalue weighted by Gasteiger charge is 2.31. The Labute approximate surface area is 131 Å². The molecule has 1 unspecified atom stereocenters. The summed E-state index contributed by atoms with van der Waals surface area (Å²) in [5, 5.41) is 9.53. The molecule has 1 aromatic rings. The normalized spacial score (nSPS) is 17.9. The molecule has 5 heteroatoms. The van der Waals surface area contributed by atoms with Gasteiger partial charge in [0.05, 0.1) is 13.0 Å². The third kappa shape index (κ3) is 4.13. The van der Waals surface area contributed by atoms with Gasteiger partial charge in [0.2, 0.25) is 0 Å². The molecule has 0 bridgehead atoms. The molecular weight excluding hydrogens is 282 g/mol. The van der Waals surface area contributed by atoms with Crippen LogP contribution >= 0.6 is 0 Å². The zero-order chi connectivity index (χ0) is 15.9. The summed E-state index contributed by atoms with van der Waals surface area (Å²) in [6, 6.07) is 7.33. The van der Waals surface area contributed by atoms with Crippen molar-refractivity contribution in [2.24, 2.45) is 11.8 Å². The Bertz CT molecular complexity index is 483. The molecule has 0 radical (unpaired) electrons. The Hall–Kier alpha value is -1.75. The van der Waals surface area contributed by atoms with Gasteiger partial charge in [-0.3, -0.25) is 4.79 Å². The van der Waals surface area contributed by atoms with E-state index in [0.29, 0.717) is 11.5 Å². The number of carboxylic acids is 1. The fraction of sp³-hybridized carbons (Fsp3) is 0.588. The van der Waals surface area contributed by atoms with Crippen LogP contribution in [0.2, 0.25) is 0 Å². The summed E-state index contributed by atoms with van der Waals surface area (Å²) in [4.78, 5) is 14.0. The van der Waals surface area contributed by atoms with E-state index in [-0.39, 0.29) is 12.5 Å². The first kappa shape index (κ1) is 16.6. The van der Waals surface area contributed by atoms with Gasteiger partial charge in [-0.25, -0.2) is 0 Å². The van der Waals surface area contributed by atoms with Crippen LogP contribution in [0.4, 0.5) is 0 Å². The SMILES string of the molecule is CCN1CCC(C(COc2ccccc2OC)C(=O)O)CC1. The van der Waals surface area contributed by atoms with E-state index in [0.717, 1.165) is 32.5 Å². The molecule has 1 aliphatic rings. The van der Waals surface area contributed by atoms with Crippen LogP contribution in [-0.4, -0.2) is 49.3 Å². The molecule has 1 saturated heterocycles. The number of ether oxygens (including phenoxy) is 2. The molecule has 0 spiro atoms. The van der Waals surface area contributed by atoms with Crippen LogP contribution in [0.5, 0.6) is 11.5 Å². The molecule has 0 aromatic heterocycles. The standard InChI is InChI=1S/C17H25NO4/c1-3-18-10-8-13(9-11-18)14(17(19)20)12-22-16-7-5-4-6-15(16)21-2/h4-7,13-14H,3,8-12H2,1-2H3,(H,19,20). The molecule has 0 amide bonds. The number of rotatable bonds is 7. The molecule has 22 heavy (non-hydrogen) atoms. The lowest BCUT2D eigenvalue weighted by molar-refractivity contribution is -0.145. The number of carboxylic acid groups (broad SMARTS) is 1. The molecule has 122 valence electrons. The van der Waals surface area contributed by atoms with Crippen LogP contribution in [0, 0.1) is 11.8 Å². The van der Waals surface area contributed by atoms with E-state index in [1.54, 1.807) is 13.2 Å². The Morgan fingerprint density at radius 3 is 2.50 bits per heavy atom. The Kier molecular flexibility index (Phi) is 6.07. The minimum atomic E-state index is -0.773. The Balaban J connectivity index is 1.96. The highest BCUT2D eigenvalue weighted by Crippen LogP contribution is 2.29. The number of aliphatic carboxylic acids is 1. The predicted octanol–water partition coefficient (Wildman–Crippen LogP) is 2.51. The van der Waals surface area contributed by atoms with Crippen molar-refractivity contribution in [1.29, 1.82) is 0 Å². The monoisotopic (exact) mass is 307 g/mol. The van der Waals surface area contributed by atoms with Crippen molar-refractivity contribution in [3.63, 3.8) is 0 Å². The lowest BCUT2D eigenvalue weighted by Gasteiger charge is -2.33. The summed E-state index contributed by atoms with van der Waals surface area (Å²) in [7, 11) is 1.58. The summed E-state index contributed by atoms with van der Waals surface area (Å²) in [5.41, 5.74) is 0. The Morgan fingerprint density at radius 1 is 1.32 bits per heavy atom. The van der Waals surface area contributed by atoms with Crippen LogP contribution in [0.1, 0.15) is 19.8 Å². The molecule has 1 N–H and O–H groups in total. The van der Waals surface area contributed by atoms with E-state index in [4.69, 9.17) is 9.47 Å². The lowest BCUT2D eigenvalue weighted by Crippen LogP contribution is -2.39. The molecule has 1 aromatic carbocycles. The number of nitrogens with zero attached hydrogens (tertiary/aromatic N) is 1. The Morgan fingerprint density at radius 2 is 1.95 bits per heavy atom. The fourth-order valence-electron chi connectivity index (χ4n) is 3.00. The summed E-state index contributed by atoms with van der Waals surface area (Å²) >= 11 is 0. The van der Waals surface area contributed by atoms with Crippen molar-refractivity contribution in [3.8, 4) is 11.5 Å². The molecule has 1 fully saturated rings. The fourth-order valence-corrected chi connectivity index (χ4v) is 3.00. The van der Waals surface area contributed by atoms with E-state index in [2.05, 4.69) is 11.8 Å². The minimum absolute atomic E-state index is 0.176. The minimum Gasteiger partial charge on any atom is -0.493 e. The van der Waals surface area contributed by atoms with E-state index >= 15 is 0 Å². The van der Waals surface area contributed by atoms with Crippen LogP contribution in [0.15, 0.2) is 24.3 Å². The highest BCUT2D eigenvalue weighted by atomic mass is 16.5. The van der Waals surface area contributed by atoms with Gasteiger partial charge >= 0.3 is 5.97 Å². The first-order chi connectivity index (χ1) is 10.7. The van der Waals surface area contributed by atoms with Gasteiger partial charge < -0.3 is 19.5 Å². The van der Waals surface area contributed by atoms with Crippen molar-refractivity contribution in [3.05, 3.63) is 24.3 Å². The zero-order valence-corrected chi connectivity index (χ0v) is 13.3. The lowest BCUT2D eigenvalue weighted by atomic mass is 9.84. The molecule has 0 saturated carbocycles. The van der Waals surface area contributed by atoms with Crippen molar-refractivity contribution >= 4 is 5.97 Å². The van der Waals surface area contributed by atoms with Gasteiger partial charge in [-0.15, -0.1) is 0 Å². The first-order valence-electron chi connectivity index (χ1n) is 7.86. The van der Waals surface area contributed by atoms with Crippen LogP contribution in [-0.2, 0) is 4.79 Å². The van der Waals surface area contributed by atoms with E-state index in [1.165, 1.54) is 0 Å². The van der Waals surface area contributed by atoms with Gasteiger partial charge in [-0.05, 0) is 50.5 Å². The molecule has 1 heterocycles. The number of benzene rings is 1. The van der Waals surface area contributed by atoms with Gasteiger partial charge in [0, 0.05) is 0 Å². The average molecular weight is 307 g/mol. The number of hydrogen-bond donors (Lipinski definition) is 1. The van der Waals surface area contributed by atoms with Gasteiger partial charge in [-0.1, -0.05) is 19.1 Å². The van der Waals surface area contributed by atoms with Gasteiger partial charge in [0.1, 0.15) is 6.61 Å². The number of para-hydroxylation sites is 2. The molecule has 1 atom stereocenters. The number of methoxy groups -OCH3 is 1. The van der Waals surface area contributed by atoms with Crippen molar-refractivity contribution < 1.29 is 19.4 Å². The third-order valence-electron chi connectivity index (χ3n) is 4.45. The topological polar surface area (TPSA) is 59.0 Å². The van der Waals surface area contributed by atoms with Crippen LogP contribution in [0.3, 0.4) is 0 Å². The molecular formula is C17H25NO4. The second kappa shape index (κ2) is 8.03.